The van der Waals surface area contributed by atoms with Crippen LogP contribution in [0.15, 0.2) is 25.3 Å². The number of hydrogen-bond donors (Lipinski definition) is 0. The van der Waals surface area contributed by atoms with E-state index in [0.29, 0.717) is 0 Å². The van der Waals surface area contributed by atoms with Crippen molar-refractivity contribution in [1.82, 2.24) is 0 Å². The number of halogens is 2. The van der Waals surface area contributed by atoms with Crippen molar-refractivity contribution in [3.8, 4) is 0 Å². The Bertz CT molecular complexity index is 160. The van der Waals surface area contributed by atoms with Crippen LogP contribution in [-0.2, 0) is 0 Å². The molecule has 0 saturated heterocycles. The third-order valence-electron chi connectivity index (χ3n) is 2.35. The molecule has 0 aromatic carbocycles. The monoisotopic (exact) mass is 223 g/mol. The summed E-state index contributed by atoms with van der Waals surface area (Å²) in [7, 11) is 2.11. The summed E-state index contributed by atoms with van der Waals surface area (Å²) in [5.41, 5.74) is 0. The van der Waals surface area contributed by atoms with Crippen molar-refractivity contribution >= 4 is 11.6 Å². The summed E-state index contributed by atoms with van der Waals surface area (Å²) in [6.07, 6.45) is 3.79. The van der Waals surface area contributed by atoms with Crippen molar-refractivity contribution < 1.29 is 16.9 Å². The van der Waals surface area contributed by atoms with Gasteiger partial charge in [-0.1, -0.05) is 24.8 Å². The molecule has 3 heteroatoms. The summed E-state index contributed by atoms with van der Waals surface area (Å²) in [5.74, 6) is 0. The number of quaternary nitrogens is 1. The predicted octanol–water partition coefficient (Wildman–Crippen LogP) is -0.216. The van der Waals surface area contributed by atoms with Gasteiger partial charge in [0.2, 0.25) is 0 Å². The van der Waals surface area contributed by atoms with Gasteiger partial charge < -0.3 is 16.9 Å². The van der Waals surface area contributed by atoms with E-state index in [1.807, 2.05) is 26.0 Å². The number of hydrogen-bond acceptors (Lipinski definition) is 0. The molecular weight excluding hydrogens is 205 g/mol. The minimum absolute atomic E-state index is 0. The van der Waals surface area contributed by atoms with Crippen LogP contribution in [-0.4, -0.2) is 29.6 Å². The van der Waals surface area contributed by atoms with Crippen LogP contribution in [0.1, 0.15) is 13.8 Å². The summed E-state index contributed by atoms with van der Waals surface area (Å²) in [5, 5.41) is 0. The Labute approximate surface area is 93.1 Å². The van der Waals surface area contributed by atoms with Crippen molar-refractivity contribution in [2.75, 3.05) is 20.1 Å². The molecule has 0 fully saturated rings. The van der Waals surface area contributed by atoms with Crippen molar-refractivity contribution in [1.29, 1.82) is 0 Å². The molecular formula is C10H19Cl2N. The van der Waals surface area contributed by atoms with Gasteiger partial charge in [0.15, 0.2) is 5.00 Å². The lowest BCUT2D eigenvalue weighted by Gasteiger charge is -2.42. The van der Waals surface area contributed by atoms with E-state index in [-0.39, 0.29) is 17.4 Å². The second-order valence-corrected chi connectivity index (χ2v) is 4.67. The lowest BCUT2D eigenvalue weighted by molar-refractivity contribution is -0.930. The zero-order valence-corrected chi connectivity index (χ0v) is 10.2. The van der Waals surface area contributed by atoms with Crippen molar-refractivity contribution in [3.63, 3.8) is 0 Å². The van der Waals surface area contributed by atoms with Crippen LogP contribution >= 0.6 is 11.6 Å². The van der Waals surface area contributed by atoms with Gasteiger partial charge in [0.05, 0.1) is 20.1 Å². The highest BCUT2D eigenvalue weighted by Gasteiger charge is 2.35. The number of rotatable bonds is 5. The molecule has 0 amide bonds. The van der Waals surface area contributed by atoms with Crippen LogP contribution in [0.4, 0.5) is 0 Å². The average Bonchev–Trinajstić information content (AvgIpc) is 1.86. The first kappa shape index (κ1) is 15.5. The highest BCUT2D eigenvalue weighted by atomic mass is 35.5. The van der Waals surface area contributed by atoms with Crippen LogP contribution < -0.4 is 12.4 Å². The lowest BCUT2D eigenvalue weighted by atomic mass is 10.2. The molecule has 0 saturated carbocycles. The fourth-order valence-corrected chi connectivity index (χ4v) is 1.22. The predicted molar refractivity (Wildman–Crippen MR) is 56.2 cm³/mol. The maximum Gasteiger partial charge on any atom is 0.169 e. The van der Waals surface area contributed by atoms with Gasteiger partial charge in [-0.3, -0.25) is 0 Å². The first-order valence-electron chi connectivity index (χ1n) is 4.13. The standard InChI is InChI=1S/C10H19ClN.ClH/c1-6-8-12(5,9-7-2)10(3,4)11;/h6-7H,1-2,8-9H2,3-5H3;1H/q+1;/p-1. The van der Waals surface area contributed by atoms with E-state index in [9.17, 15) is 0 Å². The molecule has 0 aliphatic rings. The summed E-state index contributed by atoms with van der Waals surface area (Å²) < 4.78 is 0.738. The van der Waals surface area contributed by atoms with Gasteiger partial charge in [0, 0.05) is 13.8 Å². The highest BCUT2D eigenvalue weighted by molar-refractivity contribution is 6.22. The van der Waals surface area contributed by atoms with E-state index in [2.05, 4.69) is 20.2 Å². The van der Waals surface area contributed by atoms with Crippen LogP contribution in [0.25, 0.3) is 0 Å². The van der Waals surface area contributed by atoms with Gasteiger partial charge in [-0.2, -0.15) is 0 Å². The highest BCUT2D eigenvalue weighted by Crippen LogP contribution is 2.26. The zero-order valence-electron chi connectivity index (χ0n) is 8.69. The number of nitrogens with zero attached hydrogens (tertiary/aromatic N) is 1. The van der Waals surface area contributed by atoms with Gasteiger partial charge >= 0.3 is 0 Å². The van der Waals surface area contributed by atoms with Crippen LogP contribution in [0.2, 0.25) is 0 Å². The first-order valence-corrected chi connectivity index (χ1v) is 4.50. The lowest BCUT2D eigenvalue weighted by Crippen LogP contribution is -3.00. The first-order chi connectivity index (χ1) is 5.37. The Kier molecular flexibility index (Phi) is 6.78. The molecule has 0 bridgehead atoms. The summed E-state index contributed by atoms with van der Waals surface area (Å²) in [4.78, 5) is -0.275. The fourth-order valence-electron chi connectivity index (χ4n) is 1.08. The third-order valence-corrected chi connectivity index (χ3v) is 2.76. The van der Waals surface area contributed by atoms with Gasteiger partial charge in [-0.15, -0.1) is 0 Å². The van der Waals surface area contributed by atoms with Gasteiger partial charge in [0.1, 0.15) is 0 Å². The molecule has 0 heterocycles. The van der Waals surface area contributed by atoms with Gasteiger partial charge in [0.25, 0.3) is 0 Å². The van der Waals surface area contributed by atoms with Crippen molar-refractivity contribution in [2.45, 2.75) is 18.8 Å². The second-order valence-electron chi connectivity index (χ2n) is 3.75. The Balaban J connectivity index is 0. The third kappa shape index (κ3) is 4.17. The summed E-state index contributed by atoms with van der Waals surface area (Å²) in [6.45, 7) is 13.2. The van der Waals surface area contributed by atoms with Gasteiger partial charge in [-0.25, -0.2) is 0 Å². The molecule has 13 heavy (non-hydrogen) atoms. The Morgan fingerprint density at radius 3 is 1.69 bits per heavy atom. The quantitative estimate of drug-likeness (QED) is 0.262. The van der Waals surface area contributed by atoms with Gasteiger partial charge in [-0.05, 0) is 12.2 Å². The normalized spacial score (nSPS) is 11.7. The smallest absolute Gasteiger partial charge is 0.169 e. The molecule has 0 rings (SSSR count). The molecule has 0 aromatic heterocycles. The van der Waals surface area contributed by atoms with E-state index in [1.54, 1.807) is 0 Å². The Hall–Kier alpha value is 0.0200. The number of alkyl halides is 1. The minimum Gasteiger partial charge on any atom is -1.00 e. The van der Waals surface area contributed by atoms with Crippen molar-refractivity contribution in [3.05, 3.63) is 25.3 Å². The van der Waals surface area contributed by atoms with E-state index >= 15 is 0 Å². The van der Waals surface area contributed by atoms with E-state index in [1.165, 1.54) is 0 Å². The molecule has 0 atom stereocenters. The molecule has 0 aliphatic heterocycles. The average molecular weight is 224 g/mol. The maximum absolute atomic E-state index is 6.27. The van der Waals surface area contributed by atoms with E-state index in [4.69, 9.17) is 11.6 Å². The Morgan fingerprint density at radius 1 is 1.23 bits per heavy atom. The van der Waals surface area contributed by atoms with Crippen molar-refractivity contribution in [2.24, 2.45) is 0 Å². The molecule has 0 radical (unpaired) electrons. The molecule has 0 aliphatic carbocycles. The second kappa shape index (κ2) is 5.69. The minimum atomic E-state index is -0.275. The molecule has 1 nitrogen and oxygen atoms in total. The number of likely N-dealkylation sites (N-methyl/N-ethyl adjacent to an activating group) is 1. The van der Waals surface area contributed by atoms with E-state index in [0.717, 1.165) is 17.6 Å². The van der Waals surface area contributed by atoms with E-state index < -0.39 is 0 Å². The van der Waals surface area contributed by atoms with Crippen LogP contribution in [0, 0.1) is 0 Å². The molecule has 0 N–H and O–H groups in total. The molecule has 0 spiro atoms. The summed E-state index contributed by atoms with van der Waals surface area (Å²) >= 11 is 6.27. The Morgan fingerprint density at radius 2 is 1.54 bits per heavy atom. The topological polar surface area (TPSA) is 0 Å². The van der Waals surface area contributed by atoms with Crippen LogP contribution in [0.3, 0.4) is 0 Å². The SMILES string of the molecule is C=CC[N+](C)(CC=C)C(C)(C)Cl.[Cl-]. The zero-order chi connectivity index (χ0) is 9.83. The maximum atomic E-state index is 6.27. The van der Waals surface area contributed by atoms with Crippen LogP contribution in [0.5, 0.6) is 0 Å². The largest absolute Gasteiger partial charge is 1.00 e. The fraction of sp³-hybridized carbons (Fsp3) is 0.600. The molecule has 0 unspecified atom stereocenters. The molecule has 0 aromatic rings. The molecule has 78 valence electrons. The summed E-state index contributed by atoms with van der Waals surface area (Å²) in [6, 6.07) is 0.